The van der Waals surface area contributed by atoms with Gasteiger partial charge in [0.25, 0.3) is 5.91 Å². The summed E-state index contributed by atoms with van der Waals surface area (Å²) in [5.74, 6) is -1.13. The van der Waals surface area contributed by atoms with Crippen LogP contribution in [-0.2, 0) is 32.3 Å². The summed E-state index contributed by atoms with van der Waals surface area (Å²) in [6.45, 7) is 11.2. The molecule has 0 spiro atoms. The van der Waals surface area contributed by atoms with Crippen molar-refractivity contribution in [3.05, 3.63) is 76.4 Å². The van der Waals surface area contributed by atoms with Gasteiger partial charge in [0.15, 0.2) is 0 Å². The van der Waals surface area contributed by atoms with Crippen LogP contribution in [0.4, 0.5) is 0 Å². The van der Waals surface area contributed by atoms with Crippen LogP contribution in [0.5, 0.6) is 0 Å². The van der Waals surface area contributed by atoms with E-state index in [0.717, 1.165) is 78.8 Å². The van der Waals surface area contributed by atoms with Crippen LogP contribution in [0.25, 0.3) is 10.4 Å². The molecule has 1 aliphatic heterocycles. The van der Waals surface area contributed by atoms with Crippen LogP contribution in [-0.4, -0.2) is 75.8 Å². The summed E-state index contributed by atoms with van der Waals surface area (Å²) in [7, 11) is 0. The van der Waals surface area contributed by atoms with Crippen LogP contribution >= 0.6 is 11.3 Å². The second-order valence-corrected chi connectivity index (χ2v) is 17.8. The van der Waals surface area contributed by atoms with Gasteiger partial charge in [-0.2, -0.15) is 0 Å². The zero-order chi connectivity index (χ0) is 43.5. The molecule has 2 aromatic carbocycles. The second kappa shape index (κ2) is 24.6. The zero-order valence-electron chi connectivity index (χ0n) is 36.2. The van der Waals surface area contributed by atoms with E-state index < -0.39 is 23.6 Å². The first-order valence-corrected chi connectivity index (χ1v) is 22.6. The maximum Gasteiger partial charge on any atom is 0.265 e. The SMILES string of the molecule is CCCCCCNNC(=O)c1ccc(CNC(=O)CCCCCCCCC(=O)N[C@H](C(=O)N2C[C@H](O)C[C@H]2C(=O)NCc2ccc(-c3scnc3C)cc2)C(C)(C)C)cc1. The Kier molecular flexibility index (Phi) is 19.7. The number of nitrogens with zero attached hydrogens (tertiary/aromatic N) is 2. The number of carbonyl (C=O) groups is 5. The van der Waals surface area contributed by atoms with Crippen molar-refractivity contribution in [1.82, 2.24) is 36.7 Å². The lowest BCUT2D eigenvalue weighted by atomic mass is 9.85. The van der Waals surface area contributed by atoms with Crippen LogP contribution in [0.3, 0.4) is 0 Å². The monoisotopic (exact) mass is 845 g/mol. The molecule has 0 radical (unpaired) electrons. The lowest BCUT2D eigenvalue weighted by molar-refractivity contribution is -0.144. The number of aliphatic hydroxyl groups excluding tert-OH is 1. The van der Waals surface area contributed by atoms with Gasteiger partial charge in [0.2, 0.25) is 23.6 Å². The number of likely N-dealkylation sites (tertiary alicyclic amines) is 1. The van der Waals surface area contributed by atoms with Crippen LogP contribution in [0.2, 0.25) is 0 Å². The quantitative estimate of drug-likeness (QED) is 0.0438. The first-order chi connectivity index (χ1) is 28.8. The molecule has 3 aromatic rings. The zero-order valence-corrected chi connectivity index (χ0v) is 37.1. The van der Waals surface area contributed by atoms with Gasteiger partial charge in [-0.05, 0) is 60.4 Å². The van der Waals surface area contributed by atoms with E-state index in [1.165, 1.54) is 17.7 Å². The Bertz CT molecular complexity index is 1830. The molecule has 60 heavy (non-hydrogen) atoms. The Hall–Kier alpha value is -4.66. The predicted molar refractivity (Wildman–Crippen MR) is 236 cm³/mol. The van der Waals surface area contributed by atoms with E-state index >= 15 is 0 Å². The lowest BCUT2D eigenvalue weighted by Gasteiger charge is -2.35. The number of benzene rings is 2. The maximum absolute atomic E-state index is 13.9. The number of carbonyl (C=O) groups excluding carboxylic acids is 5. The molecule has 1 aromatic heterocycles. The first-order valence-electron chi connectivity index (χ1n) is 21.7. The number of β-amino-alcohol motifs (C(OH)–C–C–N with tert-alkyl or cyclic N) is 1. The van der Waals surface area contributed by atoms with Crippen LogP contribution in [0.15, 0.2) is 54.0 Å². The molecule has 2 heterocycles. The van der Waals surface area contributed by atoms with E-state index in [4.69, 9.17) is 0 Å². The van der Waals surface area contributed by atoms with Gasteiger partial charge < -0.3 is 26.0 Å². The molecule has 5 amide bonds. The minimum absolute atomic E-state index is 0.0109. The molecule has 0 saturated carbocycles. The smallest absolute Gasteiger partial charge is 0.265 e. The Morgan fingerprint density at radius 2 is 1.42 bits per heavy atom. The summed E-state index contributed by atoms with van der Waals surface area (Å²) in [5.41, 5.74) is 11.3. The summed E-state index contributed by atoms with van der Waals surface area (Å²) in [6, 6.07) is 13.4. The fraction of sp³-hybridized carbons (Fsp3) is 0.565. The van der Waals surface area contributed by atoms with Crippen molar-refractivity contribution in [1.29, 1.82) is 0 Å². The van der Waals surface area contributed by atoms with Gasteiger partial charge in [-0.1, -0.05) is 109 Å². The molecule has 14 heteroatoms. The number of aliphatic hydroxyl groups is 1. The van der Waals surface area contributed by atoms with E-state index in [2.05, 4.69) is 38.7 Å². The van der Waals surface area contributed by atoms with Gasteiger partial charge in [0, 0.05) is 51.0 Å². The van der Waals surface area contributed by atoms with Crippen molar-refractivity contribution in [2.45, 2.75) is 149 Å². The fourth-order valence-corrected chi connectivity index (χ4v) is 8.02. The lowest BCUT2D eigenvalue weighted by Crippen LogP contribution is -2.57. The van der Waals surface area contributed by atoms with Crippen LogP contribution in [0, 0.1) is 12.3 Å². The number of hydrazine groups is 1. The summed E-state index contributed by atoms with van der Waals surface area (Å²) in [5, 5.41) is 19.4. The van der Waals surface area contributed by atoms with Crippen molar-refractivity contribution in [2.75, 3.05) is 13.1 Å². The maximum atomic E-state index is 13.9. The van der Waals surface area contributed by atoms with Gasteiger partial charge in [-0.15, -0.1) is 11.3 Å². The number of aromatic nitrogens is 1. The second-order valence-electron chi connectivity index (χ2n) is 17.0. The highest BCUT2D eigenvalue weighted by atomic mass is 32.1. The molecule has 328 valence electrons. The van der Waals surface area contributed by atoms with Crippen molar-refractivity contribution in [2.24, 2.45) is 5.41 Å². The molecule has 4 rings (SSSR count). The number of hydrogen-bond acceptors (Lipinski definition) is 9. The summed E-state index contributed by atoms with van der Waals surface area (Å²) >= 11 is 1.58. The van der Waals surface area contributed by atoms with Crippen molar-refractivity contribution >= 4 is 40.9 Å². The van der Waals surface area contributed by atoms with Crippen molar-refractivity contribution in [3.8, 4) is 10.4 Å². The third kappa shape index (κ3) is 15.7. The minimum Gasteiger partial charge on any atom is -0.391 e. The van der Waals surface area contributed by atoms with Crippen LogP contribution in [0.1, 0.15) is 138 Å². The van der Waals surface area contributed by atoms with Crippen molar-refractivity contribution in [3.63, 3.8) is 0 Å². The predicted octanol–water partition coefficient (Wildman–Crippen LogP) is 6.48. The van der Waals surface area contributed by atoms with Gasteiger partial charge in [0.1, 0.15) is 12.1 Å². The Morgan fingerprint density at radius 1 is 0.817 bits per heavy atom. The molecule has 3 atom stereocenters. The topological polar surface area (TPSA) is 182 Å². The highest BCUT2D eigenvalue weighted by Gasteiger charge is 2.44. The van der Waals surface area contributed by atoms with Crippen LogP contribution < -0.4 is 26.8 Å². The van der Waals surface area contributed by atoms with E-state index in [-0.39, 0.29) is 55.5 Å². The number of hydrogen-bond donors (Lipinski definition) is 6. The van der Waals surface area contributed by atoms with E-state index in [9.17, 15) is 29.1 Å². The first kappa shape index (κ1) is 48.0. The third-order valence-corrected chi connectivity index (χ3v) is 11.8. The largest absolute Gasteiger partial charge is 0.391 e. The van der Waals surface area contributed by atoms with Gasteiger partial charge in [-0.3, -0.25) is 29.4 Å². The highest BCUT2D eigenvalue weighted by molar-refractivity contribution is 7.13. The Labute approximate surface area is 360 Å². The average molecular weight is 846 g/mol. The normalized spacial score (nSPS) is 15.7. The number of nitrogens with one attached hydrogen (secondary N) is 5. The number of aryl methyl sites for hydroxylation is 1. The van der Waals surface area contributed by atoms with Crippen molar-refractivity contribution < 1.29 is 29.1 Å². The van der Waals surface area contributed by atoms with E-state index in [1.54, 1.807) is 23.5 Å². The molecular formula is C46H67N7O6S. The van der Waals surface area contributed by atoms with Gasteiger partial charge >= 0.3 is 0 Å². The minimum atomic E-state index is -0.863. The van der Waals surface area contributed by atoms with E-state index in [1.807, 2.05) is 69.6 Å². The third-order valence-electron chi connectivity index (χ3n) is 10.8. The number of unbranched alkanes of at least 4 members (excludes halogenated alkanes) is 8. The highest BCUT2D eigenvalue weighted by Crippen LogP contribution is 2.28. The molecule has 1 aliphatic rings. The molecule has 1 fully saturated rings. The number of thiazole rings is 1. The summed E-state index contributed by atoms with van der Waals surface area (Å²) in [4.78, 5) is 72.0. The van der Waals surface area contributed by atoms with E-state index in [0.29, 0.717) is 24.9 Å². The molecule has 0 unspecified atom stereocenters. The summed E-state index contributed by atoms with van der Waals surface area (Å²) in [6.07, 6.45) is 9.62. The number of rotatable bonds is 24. The average Bonchev–Trinajstić information content (AvgIpc) is 3.85. The molecule has 0 aliphatic carbocycles. The molecule has 13 nitrogen and oxygen atoms in total. The molecule has 0 bridgehead atoms. The standard InChI is InChI=1S/C46H67N7O6S/c1-6-7-8-15-26-50-52-43(57)36-24-20-33(21-25-36)28-47-39(55)16-13-11-9-10-12-14-17-40(56)51-42(46(3,4)5)45(59)53-30-37(54)27-38(53)44(58)48-29-34-18-22-35(23-19-34)41-32(2)49-31-60-41/h18-25,31,37-38,42,50,54H,6-17,26-30H2,1-5H3,(H,47,55)(H,48,58)(H,51,56)(H,52,57)/t37-,38+,42-/m1/s1. The Balaban J connectivity index is 1.10. The molecule has 6 N–H and O–H groups in total. The number of amides is 5. The molecule has 1 saturated heterocycles. The molecular weight excluding hydrogens is 779 g/mol. The summed E-state index contributed by atoms with van der Waals surface area (Å²) < 4.78 is 0. The Morgan fingerprint density at radius 3 is 2.03 bits per heavy atom. The van der Waals surface area contributed by atoms with Gasteiger partial charge in [-0.25, -0.2) is 10.4 Å². The fourth-order valence-electron chi connectivity index (χ4n) is 7.21. The van der Waals surface area contributed by atoms with Gasteiger partial charge in [0.05, 0.1) is 22.2 Å².